The molecule has 88 valence electrons. The number of hydrogen-bond acceptors (Lipinski definition) is 2. The van der Waals surface area contributed by atoms with Gasteiger partial charge >= 0.3 is 0 Å². The Labute approximate surface area is 94.0 Å². The van der Waals surface area contributed by atoms with E-state index in [4.69, 9.17) is 5.73 Å². The smallest absolute Gasteiger partial charge is 0.151 e. The number of anilines is 2. The average Bonchev–Trinajstić information content (AvgIpc) is 2.52. The van der Waals surface area contributed by atoms with Gasteiger partial charge in [-0.25, -0.2) is 8.78 Å². The van der Waals surface area contributed by atoms with Crippen molar-refractivity contribution in [3.63, 3.8) is 0 Å². The van der Waals surface area contributed by atoms with E-state index < -0.39 is 11.6 Å². The second-order valence-electron chi connectivity index (χ2n) is 5.16. The number of hydrogen-bond donors (Lipinski definition) is 1. The molecule has 0 atom stereocenters. The highest BCUT2D eigenvalue weighted by atomic mass is 19.1. The second-order valence-corrected chi connectivity index (χ2v) is 5.16. The van der Waals surface area contributed by atoms with Gasteiger partial charge in [0.05, 0.1) is 11.4 Å². The molecule has 1 heterocycles. The van der Waals surface area contributed by atoms with E-state index in [1.165, 1.54) is 6.07 Å². The first-order valence-corrected chi connectivity index (χ1v) is 5.38. The third-order valence-electron chi connectivity index (χ3n) is 3.09. The van der Waals surface area contributed by atoms with Crippen LogP contribution in [-0.2, 0) is 0 Å². The normalized spacial score (nSPS) is 19.1. The molecule has 0 saturated carbocycles. The van der Waals surface area contributed by atoms with Crippen molar-refractivity contribution in [2.75, 3.05) is 23.7 Å². The lowest BCUT2D eigenvalue weighted by molar-refractivity contribution is 0.418. The molecule has 16 heavy (non-hydrogen) atoms. The summed E-state index contributed by atoms with van der Waals surface area (Å²) in [6.07, 6.45) is 1.00. The molecule has 0 aliphatic carbocycles. The predicted molar refractivity (Wildman–Crippen MR) is 61.4 cm³/mol. The fourth-order valence-corrected chi connectivity index (χ4v) is 2.15. The van der Waals surface area contributed by atoms with Gasteiger partial charge in [-0.1, -0.05) is 13.8 Å². The zero-order chi connectivity index (χ0) is 11.9. The highest BCUT2D eigenvalue weighted by Gasteiger charge is 2.30. The zero-order valence-corrected chi connectivity index (χ0v) is 9.56. The van der Waals surface area contributed by atoms with Crippen LogP contribution in [0, 0.1) is 17.0 Å². The van der Waals surface area contributed by atoms with E-state index in [2.05, 4.69) is 13.8 Å². The number of benzene rings is 1. The van der Waals surface area contributed by atoms with Crippen LogP contribution in [-0.4, -0.2) is 13.1 Å². The molecule has 0 aromatic heterocycles. The van der Waals surface area contributed by atoms with E-state index in [9.17, 15) is 8.78 Å². The molecular formula is C12H16F2N2. The predicted octanol–water partition coefficient (Wildman–Crippen LogP) is 2.78. The standard InChI is InChI=1S/C12H16F2N2/c1-12(2)3-4-16(7-12)10-6-8(13)5-9(14)11(10)15/h5-6H,3-4,7,15H2,1-2H3. The molecule has 0 spiro atoms. The summed E-state index contributed by atoms with van der Waals surface area (Å²) in [5.74, 6) is -1.26. The van der Waals surface area contributed by atoms with E-state index in [1.54, 1.807) is 0 Å². The van der Waals surface area contributed by atoms with Crippen LogP contribution >= 0.6 is 0 Å². The topological polar surface area (TPSA) is 29.3 Å². The largest absolute Gasteiger partial charge is 0.395 e. The van der Waals surface area contributed by atoms with Crippen LogP contribution in [0.2, 0.25) is 0 Å². The van der Waals surface area contributed by atoms with E-state index >= 15 is 0 Å². The second kappa shape index (κ2) is 3.61. The summed E-state index contributed by atoms with van der Waals surface area (Å²) < 4.78 is 26.4. The molecule has 1 aliphatic rings. The van der Waals surface area contributed by atoms with Crippen LogP contribution in [0.4, 0.5) is 20.2 Å². The number of halogens is 2. The average molecular weight is 226 g/mol. The number of nitrogens with zero attached hydrogens (tertiary/aromatic N) is 1. The summed E-state index contributed by atoms with van der Waals surface area (Å²) in [5, 5.41) is 0. The Morgan fingerprint density at radius 1 is 1.31 bits per heavy atom. The Bertz CT molecular complexity index is 416. The van der Waals surface area contributed by atoms with Crippen molar-refractivity contribution in [3.8, 4) is 0 Å². The van der Waals surface area contributed by atoms with E-state index in [-0.39, 0.29) is 11.1 Å². The fourth-order valence-electron chi connectivity index (χ4n) is 2.15. The Morgan fingerprint density at radius 3 is 2.56 bits per heavy atom. The Morgan fingerprint density at radius 2 is 2.00 bits per heavy atom. The first-order chi connectivity index (χ1) is 7.39. The molecule has 2 N–H and O–H groups in total. The van der Waals surface area contributed by atoms with E-state index in [0.29, 0.717) is 5.69 Å². The molecule has 0 bridgehead atoms. The highest BCUT2D eigenvalue weighted by molar-refractivity contribution is 5.68. The van der Waals surface area contributed by atoms with Crippen LogP contribution in [0.25, 0.3) is 0 Å². The Kier molecular flexibility index (Phi) is 2.52. The Hall–Kier alpha value is -1.32. The summed E-state index contributed by atoms with van der Waals surface area (Å²) in [7, 11) is 0. The molecule has 1 fully saturated rings. The monoisotopic (exact) mass is 226 g/mol. The van der Waals surface area contributed by atoms with Crippen LogP contribution in [0.3, 0.4) is 0 Å². The van der Waals surface area contributed by atoms with Crippen molar-refractivity contribution >= 4 is 11.4 Å². The highest BCUT2D eigenvalue weighted by Crippen LogP contribution is 2.36. The van der Waals surface area contributed by atoms with Gasteiger partial charge in [-0.05, 0) is 17.9 Å². The van der Waals surface area contributed by atoms with Gasteiger partial charge in [-0.15, -0.1) is 0 Å². The van der Waals surface area contributed by atoms with Crippen LogP contribution < -0.4 is 10.6 Å². The summed E-state index contributed by atoms with van der Waals surface area (Å²) in [6, 6.07) is 2.12. The van der Waals surface area contributed by atoms with Gasteiger partial charge in [-0.2, -0.15) is 0 Å². The minimum atomic E-state index is -0.681. The lowest BCUT2D eigenvalue weighted by atomic mass is 9.93. The van der Waals surface area contributed by atoms with Crippen molar-refractivity contribution < 1.29 is 8.78 Å². The maximum absolute atomic E-state index is 13.3. The zero-order valence-electron chi connectivity index (χ0n) is 9.56. The van der Waals surface area contributed by atoms with Crippen molar-refractivity contribution in [2.24, 2.45) is 5.41 Å². The number of rotatable bonds is 1. The molecular weight excluding hydrogens is 210 g/mol. The van der Waals surface area contributed by atoms with Gasteiger partial charge in [-0.3, -0.25) is 0 Å². The maximum atomic E-state index is 13.3. The number of nitrogens with two attached hydrogens (primary N) is 1. The minimum Gasteiger partial charge on any atom is -0.395 e. The van der Waals surface area contributed by atoms with E-state index in [0.717, 1.165) is 25.6 Å². The van der Waals surface area contributed by atoms with Crippen LogP contribution in [0.1, 0.15) is 20.3 Å². The SMILES string of the molecule is CC1(C)CCN(c2cc(F)cc(F)c2N)C1. The van der Waals surface area contributed by atoms with Crippen LogP contribution in [0.5, 0.6) is 0 Å². The molecule has 2 nitrogen and oxygen atoms in total. The first kappa shape index (κ1) is 11.2. The third-order valence-corrected chi connectivity index (χ3v) is 3.09. The third kappa shape index (κ3) is 1.96. The summed E-state index contributed by atoms with van der Waals surface area (Å²) in [4.78, 5) is 1.95. The molecule has 2 rings (SSSR count). The molecule has 1 aromatic carbocycles. The van der Waals surface area contributed by atoms with Gasteiger partial charge in [0.15, 0.2) is 5.82 Å². The van der Waals surface area contributed by atoms with Crippen molar-refractivity contribution in [1.29, 1.82) is 0 Å². The molecule has 1 aliphatic heterocycles. The van der Waals surface area contributed by atoms with Crippen molar-refractivity contribution in [1.82, 2.24) is 0 Å². The lowest BCUT2D eigenvalue weighted by Crippen LogP contribution is -2.24. The van der Waals surface area contributed by atoms with Crippen molar-refractivity contribution in [2.45, 2.75) is 20.3 Å². The first-order valence-electron chi connectivity index (χ1n) is 5.38. The summed E-state index contributed by atoms with van der Waals surface area (Å²) >= 11 is 0. The Balaban J connectivity index is 2.35. The molecule has 1 aromatic rings. The van der Waals surface area contributed by atoms with Gasteiger partial charge < -0.3 is 10.6 Å². The quantitative estimate of drug-likeness (QED) is 0.746. The van der Waals surface area contributed by atoms with Gasteiger partial charge in [0, 0.05) is 19.2 Å². The molecule has 4 heteroatoms. The lowest BCUT2D eigenvalue weighted by Gasteiger charge is -2.23. The van der Waals surface area contributed by atoms with Crippen molar-refractivity contribution in [3.05, 3.63) is 23.8 Å². The molecule has 0 unspecified atom stereocenters. The molecule has 0 radical (unpaired) electrons. The fraction of sp³-hybridized carbons (Fsp3) is 0.500. The summed E-state index contributed by atoms with van der Waals surface area (Å²) in [6.45, 7) is 5.85. The van der Waals surface area contributed by atoms with Crippen LogP contribution in [0.15, 0.2) is 12.1 Å². The van der Waals surface area contributed by atoms with E-state index in [1.807, 2.05) is 4.90 Å². The number of nitrogen functional groups attached to an aromatic ring is 1. The summed E-state index contributed by atoms with van der Waals surface area (Å²) in [5.41, 5.74) is 6.33. The van der Waals surface area contributed by atoms with Gasteiger partial charge in [0.1, 0.15) is 5.82 Å². The molecule has 0 amide bonds. The van der Waals surface area contributed by atoms with Gasteiger partial charge in [0.25, 0.3) is 0 Å². The minimum absolute atomic E-state index is 0.0408. The maximum Gasteiger partial charge on any atom is 0.151 e. The van der Waals surface area contributed by atoms with Gasteiger partial charge in [0.2, 0.25) is 0 Å². The molecule has 1 saturated heterocycles.